The number of aryl methyl sites for hydroxylation is 1. The van der Waals surface area contributed by atoms with Crippen LogP contribution in [-0.2, 0) is 19.1 Å². The van der Waals surface area contributed by atoms with E-state index in [2.05, 4.69) is 25.8 Å². The van der Waals surface area contributed by atoms with Crippen LogP contribution in [0.1, 0.15) is 38.9 Å². The number of hydrogen-bond acceptors (Lipinski definition) is 7. The number of nitrogens with one attached hydrogen (secondary N) is 1. The Hall–Kier alpha value is -2.95. The van der Waals surface area contributed by atoms with Gasteiger partial charge < -0.3 is 24.5 Å². The van der Waals surface area contributed by atoms with E-state index in [0.717, 1.165) is 17.6 Å². The second-order valence-electron chi connectivity index (χ2n) is 8.61. The standard InChI is InChI=1S/C25H28BrN3O6/c1-14-18(15(2)27-20(14)25(33)34-3)22(30)19-21(16-4-6-17(26)7-5-16)29(24(32)23(19)31)9-8-28-10-12-35-13-11-28/h4-7,21,27,30H,8-13H2,1-3H3/b22-19+/t21-/m0/s1. The lowest BCUT2D eigenvalue weighted by atomic mass is 9.94. The van der Waals surface area contributed by atoms with Crippen LogP contribution >= 0.6 is 15.9 Å². The first-order valence-corrected chi connectivity index (χ1v) is 12.2. The number of halogens is 1. The number of carbonyl (C=O) groups is 3. The molecule has 2 aliphatic heterocycles. The molecule has 1 amide bonds. The Bertz CT molecular complexity index is 1180. The third-order valence-electron chi connectivity index (χ3n) is 6.55. The van der Waals surface area contributed by atoms with Crippen molar-refractivity contribution >= 4 is 39.3 Å². The molecular formula is C25H28BrN3O6. The molecule has 35 heavy (non-hydrogen) atoms. The number of aromatic amines is 1. The molecule has 9 nitrogen and oxygen atoms in total. The van der Waals surface area contributed by atoms with Crippen molar-refractivity contribution < 1.29 is 29.0 Å². The Balaban J connectivity index is 1.79. The molecular weight excluding hydrogens is 518 g/mol. The molecule has 0 unspecified atom stereocenters. The lowest BCUT2D eigenvalue weighted by Crippen LogP contribution is -2.42. The first-order chi connectivity index (χ1) is 16.7. The van der Waals surface area contributed by atoms with Gasteiger partial charge in [-0.2, -0.15) is 0 Å². The Morgan fingerprint density at radius 3 is 2.46 bits per heavy atom. The smallest absolute Gasteiger partial charge is 0.354 e. The summed E-state index contributed by atoms with van der Waals surface area (Å²) in [5.74, 6) is -2.31. The summed E-state index contributed by atoms with van der Waals surface area (Å²) >= 11 is 3.42. The number of likely N-dealkylation sites (tertiary alicyclic amines) is 1. The average Bonchev–Trinajstić information content (AvgIpc) is 3.30. The molecule has 0 bridgehead atoms. The van der Waals surface area contributed by atoms with E-state index >= 15 is 0 Å². The zero-order valence-electron chi connectivity index (χ0n) is 19.9. The van der Waals surface area contributed by atoms with Crippen molar-refractivity contribution in [3.8, 4) is 0 Å². The van der Waals surface area contributed by atoms with Gasteiger partial charge in [-0.15, -0.1) is 0 Å². The number of H-pyrrole nitrogens is 1. The highest BCUT2D eigenvalue weighted by Gasteiger charge is 2.46. The van der Waals surface area contributed by atoms with E-state index in [0.29, 0.717) is 48.7 Å². The maximum absolute atomic E-state index is 13.3. The molecule has 1 atom stereocenters. The van der Waals surface area contributed by atoms with E-state index in [4.69, 9.17) is 9.47 Å². The number of hydrogen-bond donors (Lipinski definition) is 2. The molecule has 0 radical (unpaired) electrons. The summed E-state index contributed by atoms with van der Waals surface area (Å²) < 4.78 is 11.1. The predicted octanol–water partition coefficient (Wildman–Crippen LogP) is 2.93. The number of aliphatic hydroxyl groups is 1. The van der Waals surface area contributed by atoms with E-state index in [1.807, 2.05) is 24.3 Å². The van der Waals surface area contributed by atoms with Gasteiger partial charge >= 0.3 is 5.97 Å². The van der Waals surface area contributed by atoms with Gasteiger partial charge in [0.2, 0.25) is 0 Å². The predicted molar refractivity (Wildman–Crippen MR) is 132 cm³/mol. The third-order valence-corrected chi connectivity index (χ3v) is 7.08. The maximum atomic E-state index is 13.3. The molecule has 10 heteroatoms. The van der Waals surface area contributed by atoms with Crippen molar-refractivity contribution in [1.29, 1.82) is 0 Å². The fraction of sp³-hybridized carbons (Fsp3) is 0.400. The fourth-order valence-corrected chi connectivity index (χ4v) is 4.99. The van der Waals surface area contributed by atoms with Crippen LogP contribution in [0, 0.1) is 13.8 Å². The van der Waals surface area contributed by atoms with Crippen LogP contribution in [-0.4, -0.2) is 84.1 Å². The number of amides is 1. The van der Waals surface area contributed by atoms with Crippen molar-refractivity contribution in [3.63, 3.8) is 0 Å². The van der Waals surface area contributed by atoms with E-state index < -0.39 is 23.7 Å². The van der Waals surface area contributed by atoms with Crippen LogP contribution in [0.4, 0.5) is 0 Å². The normalized spacial score (nSPS) is 20.5. The van der Waals surface area contributed by atoms with Crippen LogP contribution in [0.2, 0.25) is 0 Å². The lowest BCUT2D eigenvalue weighted by Gasteiger charge is -2.31. The summed E-state index contributed by atoms with van der Waals surface area (Å²) in [6.45, 7) is 7.02. The molecule has 1 aromatic heterocycles. The van der Waals surface area contributed by atoms with Crippen molar-refractivity contribution in [2.45, 2.75) is 19.9 Å². The lowest BCUT2D eigenvalue weighted by molar-refractivity contribution is -0.140. The number of ether oxygens (including phenoxy) is 2. The molecule has 1 aromatic carbocycles. The fourth-order valence-electron chi connectivity index (χ4n) is 4.72. The number of morpholine rings is 1. The second-order valence-corrected chi connectivity index (χ2v) is 9.53. The van der Waals surface area contributed by atoms with E-state index in [1.54, 1.807) is 13.8 Å². The Kier molecular flexibility index (Phi) is 7.44. The number of nitrogens with zero attached hydrogens (tertiary/aromatic N) is 2. The number of rotatable bonds is 6. The molecule has 0 aliphatic carbocycles. The minimum absolute atomic E-state index is 0.000848. The van der Waals surface area contributed by atoms with Crippen molar-refractivity contribution in [3.05, 3.63) is 62.4 Å². The Labute approximate surface area is 211 Å². The van der Waals surface area contributed by atoms with Gasteiger partial charge in [0, 0.05) is 41.9 Å². The molecule has 2 N–H and O–H groups in total. The molecule has 4 rings (SSSR count). The topological polar surface area (TPSA) is 112 Å². The SMILES string of the molecule is COC(=O)c1[nH]c(C)c(/C(O)=C2\C(=O)C(=O)N(CCN3CCOCC3)[C@H]2c2ccc(Br)cc2)c1C. The van der Waals surface area contributed by atoms with Gasteiger partial charge in [0.05, 0.1) is 31.9 Å². The summed E-state index contributed by atoms with van der Waals surface area (Å²) in [6, 6.07) is 6.55. The molecule has 0 spiro atoms. The van der Waals surface area contributed by atoms with Gasteiger partial charge in [-0.3, -0.25) is 14.5 Å². The van der Waals surface area contributed by atoms with Crippen LogP contribution in [0.15, 0.2) is 34.3 Å². The number of Topliss-reactive ketones (excluding diaryl/α,β-unsaturated/α-hetero) is 1. The summed E-state index contributed by atoms with van der Waals surface area (Å²) in [6.07, 6.45) is 0. The molecule has 2 fully saturated rings. The van der Waals surface area contributed by atoms with E-state index in [9.17, 15) is 19.5 Å². The van der Waals surface area contributed by atoms with Gasteiger partial charge in [-0.1, -0.05) is 28.1 Å². The highest BCUT2D eigenvalue weighted by Crippen LogP contribution is 2.41. The number of benzene rings is 1. The van der Waals surface area contributed by atoms with Gasteiger partial charge in [-0.05, 0) is 37.1 Å². The van der Waals surface area contributed by atoms with Crippen molar-refractivity contribution in [2.75, 3.05) is 46.5 Å². The maximum Gasteiger partial charge on any atom is 0.354 e. The van der Waals surface area contributed by atoms with Gasteiger partial charge in [0.1, 0.15) is 11.5 Å². The molecule has 2 aliphatic rings. The Morgan fingerprint density at radius 2 is 1.83 bits per heavy atom. The highest BCUT2D eigenvalue weighted by molar-refractivity contribution is 9.10. The van der Waals surface area contributed by atoms with Gasteiger partial charge in [0.25, 0.3) is 11.7 Å². The van der Waals surface area contributed by atoms with Crippen LogP contribution in [0.25, 0.3) is 5.76 Å². The largest absolute Gasteiger partial charge is 0.507 e. The van der Waals surface area contributed by atoms with Crippen molar-refractivity contribution in [1.82, 2.24) is 14.8 Å². The Morgan fingerprint density at radius 1 is 1.17 bits per heavy atom. The van der Waals surface area contributed by atoms with E-state index in [1.165, 1.54) is 12.0 Å². The molecule has 186 valence electrons. The quantitative estimate of drug-likeness (QED) is 0.248. The zero-order valence-corrected chi connectivity index (χ0v) is 21.5. The van der Waals surface area contributed by atoms with Crippen LogP contribution in [0.5, 0.6) is 0 Å². The first kappa shape index (κ1) is 25.2. The number of aromatic nitrogens is 1. The van der Waals surface area contributed by atoms with Crippen molar-refractivity contribution in [2.24, 2.45) is 0 Å². The zero-order chi connectivity index (χ0) is 25.3. The van der Waals surface area contributed by atoms with Crippen LogP contribution in [0.3, 0.4) is 0 Å². The number of esters is 1. The summed E-state index contributed by atoms with van der Waals surface area (Å²) in [5.41, 5.74) is 2.15. The number of ketones is 1. The van der Waals surface area contributed by atoms with E-state index in [-0.39, 0.29) is 17.0 Å². The van der Waals surface area contributed by atoms with Gasteiger partial charge in [-0.25, -0.2) is 4.79 Å². The number of aliphatic hydroxyl groups excluding tert-OH is 1. The molecule has 2 aromatic rings. The summed E-state index contributed by atoms with van der Waals surface area (Å²) in [4.78, 5) is 45.3. The van der Waals surface area contributed by atoms with Crippen LogP contribution < -0.4 is 0 Å². The molecule has 0 saturated carbocycles. The molecule has 3 heterocycles. The number of carbonyl (C=O) groups excluding carboxylic acids is 3. The first-order valence-electron chi connectivity index (χ1n) is 11.4. The third kappa shape index (κ3) is 4.78. The highest BCUT2D eigenvalue weighted by atomic mass is 79.9. The minimum atomic E-state index is -0.764. The minimum Gasteiger partial charge on any atom is -0.507 e. The number of methoxy groups -OCH3 is 1. The molecule has 2 saturated heterocycles. The second kappa shape index (κ2) is 10.3. The summed E-state index contributed by atoms with van der Waals surface area (Å²) in [7, 11) is 1.27. The summed E-state index contributed by atoms with van der Waals surface area (Å²) in [5, 5.41) is 11.4. The monoisotopic (exact) mass is 545 g/mol. The van der Waals surface area contributed by atoms with Gasteiger partial charge in [0.15, 0.2) is 0 Å². The average molecular weight is 546 g/mol.